The van der Waals surface area contributed by atoms with Crippen LogP contribution < -0.4 is 5.32 Å². The van der Waals surface area contributed by atoms with E-state index in [2.05, 4.69) is 58.2 Å². The number of aliphatic hydroxyl groups excluding tert-OH is 1. The SMILES string of the molecule is Cc1cc(CN2CCN(C(=O)C3CCC3)[C@@H](C)C2)c(C)c(Nc2nnc(C(C)O)o2)c1. The summed E-state index contributed by atoms with van der Waals surface area (Å²) >= 11 is 0. The number of aliphatic hydroxyl groups is 1. The van der Waals surface area contributed by atoms with Crippen LogP contribution in [0, 0.1) is 19.8 Å². The second kappa shape index (κ2) is 8.96. The number of amides is 1. The molecule has 0 spiro atoms. The minimum absolute atomic E-state index is 0.191. The fourth-order valence-electron chi connectivity index (χ4n) is 4.43. The maximum absolute atomic E-state index is 12.7. The highest BCUT2D eigenvalue weighted by Gasteiger charge is 2.34. The summed E-state index contributed by atoms with van der Waals surface area (Å²) in [5.41, 5.74) is 4.43. The fourth-order valence-corrected chi connectivity index (χ4v) is 4.43. The normalized spacial score (nSPS) is 21.1. The highest BCUT2D eigenvalue weighted by atomic mass is 16.4. The number of anilines is 2. The van der Waals surface area contributed by atoms with Gasteiger partial charge in [-0.15, -0.1) is 5.10 Å². The van der Waals surface area contributed by atoms with Crippen molar-refractivity contribution in [2.24, 2.45) is 5.92 Å². The Morgan fingerprint density at radius 2 is 2.06 bits per heavy atom. The average Bonchev–Trinajstić information content (AvgIpc) is 3.13. The molecule has 8 heteroatoms. The molecule has 4 rings (SSSR count). The number of hydrogen-bond acceptors (Lipinski definition) is 7. The predicted molar refractivity (Wildman–Crippen MR) is 118 cm³/mol. The van der Waals surface area contributed by atoms with Crippen LogP contribution in [0.15, 0.2) is 16.5 Å². The second-order valence-corrected chi connectivity index (χ2v) is 9.09. The molecule has 2 aromatic rings. The van der Waals surface area contributed by atoms with Crippen LogP contribution in [-0.2, 0) is 11.3 Å². The molecule has 2 atom stereocenters. The molecule has 1 aliphatic carbocycles. The van der Waals surface area contributed by atoms with Gasteiger partial charge in [-0.25, -0.2) is 0 Å². The van der Waals surface area contributed by atoms with Crippen LogP contribution >= 0.6 is 0 Å². The molecular formula is C23H33N5O3. The van der Waals surface area contributed by atoms with Crippen molar-refractivity contribution in [3.05, 3.63) is 34.7 Å². The Bertz CT molecular complexity index is 937. The molecule has 2 N–H and O–H groups in total. The first-order valence-electron chi connectivity index (χ1n) is 11.2. The highest BCUT2D eigenvalue weighted by Crippen LogP contribution is 2.30. The Balaban J connectivity index is 1.43. The van der Waals surface area contributed by atoms with Crippen LogP contribution in [0.4, 0.5) is 11.7 Å². The van der Waals surface area contributed by atoms with Gasteiger partial charge in [0.2, 0.25) is 11.8 Å². The number of hydrogen-bond donors (Lipinski definition) is 2. The molecule has 1 amide bonds. The Morgan fingerprint density at radius 3 is 2.68 bits per heavy atom. The van der Waals surface area contributed by atoms with Crippen LogP contribution in [-0.4, -0.2) is 56.7 Å². The number of benzene rings is 1. The van der Waals surface area contributed by atoms with Crippen molar-refractivity contribution in [2.45, 2.75) is 65.6 Å². The van der Waals surface area contributed by atoms with E-state index in [4.69, 9.17) is 4.42 Å². The topological polar surface area (TPSA) is 94.7 Å². The number of nitrogens with zero attached hydrogens (tertiary/aromatic N) is 4. The molecule has 2 fully saturated rings. The first-order valence-corrected chi connectivity index (χ1v) is 11.2. The van der Waals surface area contributed by atoms with Gasteiger partial charge in [0, 0.05) is 43.8 Å². The summed E-state index contributed by atoms with van der Waals surface area (Å²) in [7, 11) is 0. The molecule has 1 saturated heterocycles. The van der Waals surface area contributed by atoms with Gasteiger partial charge in [-0.2, -0.15) is 0 Å². The molecule has 2 aliphatic rings. The number of aromatic nitrogens is 2. The average molecular weight is 428 g/mol. The summed E-state index contributed by atoms with van der Waals surface area (Å²) in [4.78, 5) is 17.2. The van der Waals surface area contributed by atoms with Gasteiger partial charge in [0.25, 0.3) is 0 Å². The van der Waals surface area contributed by atoms with Crippen molar-refractivity contribution in [2.75, 3.05) is 25.0 Å². The Hall–Kier alpha value is -2.45. The summed E-state index contributed by atoms with van der Waals surface area (Å²) in [5, 5.41) is 20.6. The Kier molecular flexibility index (Phi) is 6.29. The number of carbonyl (C=O) groups excluding carboxylic acids is 1. The Morgan fingerprint density at radius 1 is 1.29 bits per heavy atom. The van der Waals surface area contributed by atoms with E-state index in [1.165, 1.54) is 12.0 Å². The minimum atomic E-state index is -0.797. The van der Waals surface area contributed by atoms with Crippen LogP contribution in [0.25, 0.3) is 0 Å². The molecule has 2 heterocycles. The van der Waals surface area contributed by atoms with Crippen molar-refractivity contribution in [3.63, 3.8) is 0 Å². The zero-order chi connectivity index (χ0) is 22.1. The molecule has 1 aliphatic heterocycles. The van der Waals surface area contributed by atoms with Gasteiger partial charge in [-0.3, -0.25) is 9.69 Å². The smallest absolute Gasteiger partial charge is 0.320 e. The van der Waals surface area contributed by atoms with Gasteiger partial charge in [0.15, 0.2) is 0 Å². The summed E-state index contributed by atoms with van der Waals surface area (Å²) in [6, 6.07) is 4.78. The molecule has 1 aromatic heterocycles. The molecule has 1 saturated carbocycles. The molecule has 1 unspecified atom stereocenters. The van der Waals surface area contributed by atoms with Gasteiger partial charge in [-0.05, 0) is 63.3 Å². The number of carbonyl (C=O) groups is 1. The van der Waals surface area contributed by atoms with E-state index in [0.717, 1.165) is 55.8 Å². The zero-order valence-corrected chi connectivity index (χ0v) is 18.9. The van der Waals surface area contributed by atoms with E-state index >= 15 is 0 Å². The third kappa shape index (κ3) is 4.75. The second-order valence-electron chi connectivity index (χ2n) is 9.09. The number of nitrogens with one attached hydrogen (secondary N) is 1. The highest BCUT2D eigenvalue weighted by molar-refractivity contribution is 5.80. The first-order chi connectivity index (χ1) is 14.8. The van der Waals surface area contributed by atoms with Crippen molar-refractivity contribution < 1.29 is 14.3 Å². The van der Waals surface area contributed by atoms with E-state index in [1.807, 2.05) is 0 Å². The third-order valence-corrected chi connectivity index (χ3v) is 6.54. The van der Waals surface area contributed by atoms with Crippen LogP contribution in [0.2, 0.25) is 0 Å². The lowest BCUT2D eigenvalue weighted by molar-refractivity contribution is -0.142. The van der Waals surface area contributed by atoms with Gasteiger partial charge in [-0.1, -0.05) is 17.6 Å². The standard InChI is InChI=1S/C23H33N5O3/c1-14-10-19(16(3)20(11-14)24-23-26-25-21(31-23)17(4)29)13-27-8-9-28(15(2)12-27)22(30)18-6-5-7-18/h10-11,15,17-18,29H,5-9,12-13H2,1-4H3,(H,24,26)/t15-,17?/m0/s1. The summed E-state index contributed by atoms with van der Waals surface area (Å²) in [5.74, 6) is 0.810. The van der Waals surface area contributed by atoms with Crippen LogP contribution in [0.5, 0.6) is 0 Å². The van der Waals surface area contributed by atoms with Gasteiger partial charge in [0.1, 0.15) is 6.10 Å². The van der Waals surface area contributed by atoms with E-state index in [1.54, 1.807) is 6.92 Å². The number of piperazine rings is 1. The minimum Gasteiger partial charge on any atom is -0.405 e. The molecule has 0 radical (unpaired) electrons. The molecular weight excluding hydrogens is 394 g/mol. The van der Waals surface area contributed by atoms with Gasteiger partial charge >= 0.3 is 6.01 Å². The van der Waals surface area contributed by atoms with E-state index in [9.17, 15) is 9.90 Å². The van der Waals surface area contributed by atoms with E-state index in [0.29, 0.717) is 5.91 Å². The van der Waals surface area contributed by atoms with Gasteiger partial charge in [0.05, 0.1) is 0 Å². The summed E-state index contributed by atoms with van der Waals surface area (Å²) < 4.78 is 5.48. The van der Waals surface area contributed by atoms with Gasteiger partial charge < -0.3 is 19.7 Å². The zero-order valence-electron chi connectivity index (χ0n) is 18.9. The Labute approximate surface area is 183 Å². The number of rotatable bonds is 6. The lowest BCUT2D eigenvalue weighted by Crippen LogP contribution is -2.55. The largest absolute Gasteiger partial charge is 0.405 e. The third-order valence-electron chi connectivity index (χ3n) is 6.54. The van der Waals surface area contributed by atoms with Crippen LogP contribution in [0.1, 0.15) is 61.8 Å². The van der Waals surface area contributed by atoms with Crippen LogP contribution in [0.3, 0.4) is 0 Å². The van der Waals surface area contributed by atoms with Crippen molar-refractivity contribution >= 4 is 17.6 Å². The first kappa shape index (κ1) is 21.8. The predicted octanol–water partition coefficient (Wildman–Crippen LogP) is 3.32. The quantitative estimate of drug-likeness (QED) is 0.730. The maximum atomic E-state index is 12.7. The monoisotopic (exact) mass is 427 g/mol. The van der Waals surface area contributed by atoms with E-state index in [-0.39, 0.29) is 23.9 Å². The molecule has 31 heavy (non-hydrogen) atoms. The fraction of sp³-hybridized carbons (Fsp3) is 0.609. The van der Waals surface area contributed by atoms with Crippen molar-refractivity contribution in [3.8, 4) is 0 Å². The molecule has 1 aromatic carbocycles. The molecule has 0 bridgehead atoms. The number of aryl methyl sites for hydroxylation is 1. The summed E-state index contributed by atoms with van der Waals surface area (Å²) in [6.45, 7) is 11.3. The van der Waals surface area contributed by atoms with Crippen molar-refractivity contribution in [1.29, 1.82) is 0 Å². The van der Waals surface area contributed by atoms with E-state index < -0.39 is 6.10 Å². The maximum Gasteiger partial charge on any atom is 0.320 e. The lowest BCUT2D eigenvalue weighted by atomic mass is 9.84. The lowest BCUT2D eigenvalue weighted by Gasteiger charge is -2.42. The summed E-state index contributed by atoms with van der Waals surface area (Å²) in [6.07, 6.45) is 2.51. The van der Waals surface area contributed by atoms with Crippen molar-refractivity contribution in [1.82, 2.24) is 20.0 Å². The molecule has 168 valence electrons. The molecule has 8 nitrogen and oxygen atoms in total.